The van der Waals surface area contributed by atoms with Crippen molar-refractivity contribution in [1.29, 1.82) is 0 Å². The zero-order chi connectivity index (χ0) is 16.8. The van der Waals surface area contributed by atoms with E-state index in [1.165, 1.54) is 17.2 Å². The summed E-state index contributed by atoms with van der Waals surface area (Å²) in [4.78, 5) is 0. The molecule has 0 spiro atoms. The van der Waals surface area contributed by atoms with Crippen LogP contribution in [0.4, 0.5) is 4.39 Å². The van der Waals surface area contributed by atoms with E-state index in [2.05, 4.69) is 32.9 Å². The Labute approximate surface area is 138 Å². The van der Waals surface area contributed by atoms with Crippen molar-refractivity contribution >= 4 is 0 Å². The number of aryl methyl sites for hydroxylation is 3. The number of nitrogens with two attached hydrogens (primary N) is 1. The minimum Gasteiger partial charge on any atom is -0.493 e. The molecule has 2 N–H and O–H groups in total. The molecular weight excluding hydrogens is 289 g/mol. The number of ether oxygens (including phenoxy) is 1. The largest absolute Gasteiger partial charge is 0.493 e. The minimum atomic E-state index is -0.172. The molecule has 1 atom stereocenters. The number of rotatable bonds is 7. The summed E-state index contributed by atoms with van der Waals surface area (Å²) in [5, 5.41) is 0. The highest BCUT2D eigenvalue weighted by Gasteiger charge is 2.13. The van der Waals surface area contributed by atoms with Crippen LogP contribution in [0.2, 0.25) is 0 Å². The molecule has 0 heterocycles. The van der Waals surface area contributed by atoms with Crippen LogP contribution in [0.15, 0.2) is 36.4 Å². The van der Waals surface area contributed by atoms with Crippen LogP contribution in [0.5, 0.6) is 5.75 Å². The van der Waals surface area contributed by atoms with Gasteiger partial charge in [-0.1, -0.05) is 24.3 Å². The van der Waals surface area contributed by atoms with E-state index in [0.717, 1.165) is 24.2 Å². The van der Waals surface area contributed by atoms with E-state index in [1.807, 2.05) is 12.1 Å². The maximum Gasteiger partial charge on any atom is 0.126 e. The van der Waals surface area contributed by atoms with Crippen molar-refractivity contribution in [3.63, 3.8) is 0 Å². The Hall–Kier alpha value is -1.87. The molecule has 1 unspecified atom stereocenters. The molecule has 0 amide bonds. The summed E-state index contributed by atoms with van der Waals surface area (Å²) in [5.41, 5.74) is 10.2. The van der Waals surface area contributed by atoms with Gasteiger partial charge >= 0.3 is 0 Å². The molecule has 124 valence electrons. The number of hydrogen-bond donors (Lipinski definition) is 1. The molecule has 0 aromatic heterocycles. The fraction of sp³-hybridized carbons (Fsp3) is 0.400. The third kappa shape index (κ3) is 4.55. The van der Waals surface area contributed by atoms with Gasteiger partial charge in [0.05, 0.1) is 6.61 Å². The van der Waals surface area contributed by atoms with Crippen molar-refractivity contribution in [3.05, 3.63) is 64.5 Å². The normalized spacial score (nSPS) is 12.2. The molecule has 0 bridgehead atoms. The molecule has 0 fully saturated rings. The first-order chi connectivity index (χ1) is 11.0. The Morgan fingerprint density at radius 3 is 2.43 bits per heavy atom. The zero-order valence-electron chi connectivity index (χ0n) is 14.2. The first-order valence-electron chi connectivity index (χ1n) is 8.18. The summed E-state index contributed by atoms with van der Waals surface area (Å²) in [5.74, 6) is 0.804. The summed E-state index contributed by atoms with van der Waals surface area (Å²) in [7, 11) is 0. The van der Waals surface area contributed by atoms with Gasteiger partial charge in [-0.25, -0.2) is 4.39 Å². The molecule has 0 aliphatic rings. The van der Waals surface area contributed by atoms with Gasteiger partial charge < -0.3 is 10.5 Å². The Morgan fingerprint density at radius 1 is 1.04 bits per heavy atom. The molecule has 3 heteroatoms. The highest BCUT2D eigenvalue weighted by molar-refractivity contribution is 5.40. The van der Waals surface area contributed by atoms with Crippen LogP contribution in [0, 0.1) is 26.6 Å². The van der Waals surface area contributed by atoms with E-state index < -0.39 is 0 Å². The van der Waals surface area contributed by atoms with E-state index >= 15 is 0 Å². The zero-order valence-corrected chi connectivity index (χ0v) is 14.2. The molecule has 0 aliphatic heterocycles. The standard InChI is InChI=1S/C20H26FNO/c1-14-11-16(3)20(12-15(14)2)23-10-6-7-17(13-22)18-8-4-5-9-19(18)21/h4-5,8-9,11-12,17H,6-7,10,13,22H2,1-3H3. The van der Waals surface area contributed by atoms with E-state index in [0.29, 0.717) is 18.7 Å². The maximum absolute atomic E-state index is 13.8. The van der Waals surface area contributed by atoms with Crippen LogP contribution < -0.4 is 10.5 Å². The summed E-state index contributed by atoms with van der Waals surface area (Å²) >= 11 is 0. The second-order valence-electron chi connectivity index (χ2n) is 6.15. The third-order valence-corrected chi connectivity index (χ3v) is 4.38. The van der Waals surface area contributed by atoms with Gasteiger partial charge in [-0.05, 0) is 80.5 Å². The van der Waals surface area contributed by atoms with Crippen molar-refractivity contribution in [2.24, 2.45) is 5.73 Å². The van der Waals surface area contributed by atoms with Crippen LogP contribution in [-0.2, 0) is 0 Å². The topological polar surface area (TPSA) is 35.2 Å². The van der Waals surface area contributed by atoms with Crippen molar-refractivity contribution < 1.29 is 9.13 Å². The Bertz CT molecular complexity index is 654. The van der Waals surface area contributed by atoms with Gasteiger partial charge in [-0.2, -0.15) is 0 Å². The third-order valence-electron chi connectivity index (χ3n) is 4.38. The second-order valence-corrected chi connectivity index (χ2v) is 6.15. The molecule has 0 radical (unpaired) electrons. The highest BCUT2D eigenvalue weighted by Crippen LogP contribution is 2.25. The summed E-state index contributed by atoms with van der Waals surface area (Å²) in [6.45, 7) is 7.32. The van der Waals surface area contributed by atoms with Gasteiger partial charge in [0, 0.05) is 0 Å². The molecule has 2 nitrogen and oxygen atoms in total. The smallest absolute Gasteiger partial charge is 0.126 e. The van der Waals surface area contributed by atoms with Crippen LogP contribution in [0.3, 0.4) is 0 Å². The Morgan fingerprint density at radius 2 is 1.74 bits per heavy atom. The van der Waals surface area contributed by atoms with Crippen LogP contribution >= 0.6 is 0 Å². The second kappa shape index (κ2) is 8.11. The van der Waals surface area contributed by atoms with Gasteiger partial charge in [0.2, 0.25) is 0 Å². The molecule has 0 saturated heterocycles. The van der Waals surface area contributed by atoms with Gasteiger partial charge in [0.1, 0.15) is 11.6 Å². The van der Waals surface area contributed by atoms with Crippen LogP contribution in [0.1, 0.15) is 41.0 Å². The Kier molecular flexibility index (Phi) is 6.17. The number of benzene rings is 2. The molecule has 23 heavy (non-hydrogen) atoms. The van der Waals surface area contributed by atoms with Gasteiger partial charge in [0.15, 0.2) is 0 Å². The Balaban J connectivity index is 1.89. The average Bonchev–Trinajstić information content (AvgIpc) is 2.53. The summed E-state index contributed by atoms with van der Waals surface area (Å²) in [6.07, 6.45) is 1.67. The van der Waals surface area contributed by atoms with Crippen LogP contribution in [-0.4, -0.2) is 13.2 Å². The molecule has 0 aliphatic carbocycles. The maximum atomic E-state index is 13.8. The molecule has 0 saturated carbocycles. The molecule has 2 aromatic rings. The van der Waals surface area contributed by atoms with Gasteiger partial charge in [-0.15, -0.1) is 0 Å². The number of halogens is 1. The summed E-state index contributed by atoms with van der Waals surface area (Å²) in [6, 6.07) is 11.1. The van der Waals surface area contributed by atoms with E-state index in [1.54, 1.807) is 6.07 Å². The lowest BCUT2D eigenvalue weighted by Gasteiger charge is -2.17. The molecular formula is C20H26FNO. The lowest BCUT2D eigenvalue weighted by molar-refractivity contribution is 0.299. The van der Waals surface area contributed by atoms with Crippen molar-refractivity contribution in [2.45, 2.75) is 39.5 Å². The van der Waals surface area contributed by atoms with Gasteiger partial charge in [0.25, 0.3) is 0 Å². The molecule has 2 aromatic carbocycles. The van der Waals surface area contributed by atoms with Crippen molar-refractivity contribution in [2.75, 3.05) is 13.2 Å². The SMILES string of the molecule is Cc1cc(C)c(OCCCC(CN)c2ccccc2F)cc1C. The predicted octanol–water partition coefficient (Wildman–Crippen LogP) is 4.65. The average molecular weight is 315 g/mol. The van der Waals surface area contributed by atoms with E-state index in [-0.39, 0.29) is 11.7 Å². The highest BCUT2D eigenvalue weighted by atomic mass is 19.1. The van der Waals surface area contributed by atoms with E-state index in [9.17, 15) is 4.39 Å². The van der Waals surface area contributed by atoms with Crippen molar-refractivity contribution in [1.82, 2.24) is 0 Å². The first kappa shape index (κ1) is 17.5. The van der Waals surface area contributed by atoms with Crippen molar-refractivity contribution in [3.8, 4) is 5.75 Å². The lowest BCUT2D eigenvalue weighted by atomic mass is 9.94. The van der Waals surface area contributed by atoms with E-state index in [4.69, 9.17) is 10.5 Å². The molecule has 2 rings (SSSR count). The fourth-order valence-corrected chi connectivity index (χ4v) is 2.81. The fourth-order valence-electron chi connectivity index (χ4n) is 2.81. The monoisotopic (exact) mass is 315 g/mol. The van der Waals surface area contributed by atoms with Gasteiger partial charge in [-0.3, -0.25) is 0 Å². The van der Waals surface area contributed by atoms with Crippen LogP contribution in [0.25, 0.3) is 0 Å². The minimum absolute atomic E-state index is 0.0423. The number of hydrogen-bond acceptors (Lipinski definition) is 2. The predicted molar refractivity (Wildman–Crippen MR) is 93.6 cm³/mol. The summed E-state index contributed by atoms with van der Waals surface area (Å²) < 4.78 is 19.7. The first-order valence-corrected chi connectivity index (χ1v) is 8.18. The quantitative estimate of drug-likeness (QED) is 0.755. The lowest BCUT2D eigenvalue weighted by Crippen LogP contribution is -2.15.